The van der Waals surface area contributed by atoms with Crippen LogP contribution >= 0.6 is 0 Å². The third kappa shape index (κ3) is 25.1. The normalized spacial score (nSPS) is 10.7. The number of terminal acetylenes is 1. The van der Waals surface area contributed by atoms with Gasteiger partial charge in [0.15, 0.2) is 0 Å². The van der Waals surface area contributed by atoms with Crippen molar-refractivity contribution in [1.82, 2.24) is 9.47 Å². The summed E-state index contributed by atoms with van der Waals surface area (Å²) in [6.07, 6.45) is 36.8. The van der Waals surface area contributed by atoms with Crippen molar-refractivity contribution >= 4 is 18.1 Å². The van der Waals surface area contributed by atoms with E-state index < -0.39 is 0 Å². The Morgan fingerprint density at radius 3 is 2.12 bits per heavy atom. The van der Waals surface area contributed by atoms with Crippen LogP contribution in [0.3, 0.4) is 0 Å². The standard InChI is InChI=1S/C15H29N2.C13H19N3.C5H9N.C2H2/c1-3-5-7-8-10-12-17-14-13-16(15-17)11-9-6-4-2;1-4-11-15(2)12-10-14-16(3)13-8-6-5-7-9-13;1-3-5-6-4-2;1-2/h13-15H,3-12H2,1-2H3;4-11H,12H2,1-3H3;3-5H,1-2H3;1-2H/q+1;;;/b;11-4-,14-10+;5-3-,6-4?;. The van der Waals surface area contributed by atoms with Gasteiger partial charge in [0.25, 0.3) is 0 Å². The van der Waals surface area contributed by atoms with E-state index in [0.29, 0.717) is 0 Å². The Morgan fingerprint density at radius 2 is 1.54 bits per heavy atom. The topological polar surface area (TPSA) is 40.0 Å². The molecule has 0 aliphatic carbocycles. The molecule has 0 N–H and O–H groups in total. The van der Waals surface area contributed by atoms with Gasteiger partial charge in [-0.05, 0) is 64.8 Å². The van der Waals surface area contributed by atoms with Gasteiger partial charge in [-0.1, -0.05) is 69.9 Å². The van der Waals surface area contributed by atoms with Crippen LogP contribution in [0.5, 0.6) is 0 Å². The lowest BCUT2D eigenvalue weighted by Crippen LogP contribution is -2.30. The lowest BCUT2D eigenvalue weighted by atomic mass is 10.1. The highest BCUT2D eigenvalue weighted by molar-refractivity contribution is 5.62. The molecule has 41 heavy (non-hydrogen) atoms. The molecule has 0 spiro atoms. The van der Waals surface area contributed by atoms with Gasteiger partial charge < -0.3 is 4.90 Å². The van der Waals surface area contributed by atoms with E-state index in [-0.39, 0.29) is 0 Å². The lowest BCUT2D eigenvalue weighted by molar-refractivity contribution is -0.696. The summed E-state index contributed by atoms with van der Waals surface area (Å²) in [6.45, 7) is 13.5. The van der Waals surface area contributed by atoms with Gasteiger partial charge in [-0.2, -0.15) is 5.10 Å². The highest BCUT2D eigenvalue weighted by atomic mass is 15.4. The van der Waals surface area contributed by atoms with Gasteiger partial charge in [-0.3, -0.25) is 10.0 Å². The molecule has 0 aliphatic heterocycles. The second-order valence-corrected chi connectivity index (χ2v) is 9.48. The minimum absolute atomic E-state index is 0.807. The quantitative estimate of drug-likeness (QED) is 0.0677. The van der Waals surface area contributed by atoms with E-state index in [0.717, 1.165) is 12.2 Å². The molecule has 0 saturated carbocycles. The first-order chi connectivity index (χ1) is 20.0. The summed E-state index contributed by atoms with van der Waals surface area (Å²) in [6, 6.07) is 10.1. The third-order valence-electron chi connectivity index (χ3n) is 5.83. The zero-order valence-electron chi connectivity index (χ0n) is 27.2. The fourth-order valence-electron chi connectivity index (χ4n) is 3.63. The molecule has 1 aromatic carbocycles. The third-order valence-corrected chi connectivity index (χ3v) is 5.83. The molecule has 0 fully saturated rings. The first-order valence-corrected chi connectivity index (χ1v) is 15.1. The fourth-order valence-corrected chi connectivity index (χ4v) is 3.63. The number of aliphatic imine (C=N–C) groups is 1. The van der Waals surface area contributed by atoms with E-state index in [1.165, 1.54) is 64.5 Å². The number of hydrazone groups is 1. The van der Waals surface area contributed by atoms with E-state index in [2.05, 4.69) is 69.5 Å². The molecule has 0 unspecified atom stereocenters. The van der Waals surface area contributed by atoms with Crippen LogP contribution in [0.4, 0.5) is 5.69 Å². The van der Waals surface area contributed by atoms with Crippen molar-refractivity contribution < 1.29 is 4.57 Å². The van der Waals surface area contributed by atoms with Crippen LogP contribution in [0, 0.1) is 12.8 Å². The fraction of sp³-hybridized carbons (Fsp3) is 0.514. The molecule has 1 aromatic heterocycles. The Bertz CT molecular complexity index is 930. The van der Waals surface area contributed by atoms with Gasteiger partial charge in [-0.25, -0.2) is 9.13 Å². The van der Waals surface area contributed by atoms with Crippen molar-refractivity contribution in [3.63, 3.8) is 0 Å². The second-order valence-electron chi connectivity index (χ2n) is 9.48. The number of imidazole rings is 1. The molecule has 6 heteroatoms. The molecule has 0 saturated heterocycles. The first kappa shape index (κ1) is 39.6. The van der Waals surface area contributed by atoms with E-state index in [4.69, 9.17) is 0 Å². The van der Waals surface area contributed by atoms with Crippen molar-refractivity contribution in [2.24, 2.45) is 10.1 Å². The van der Waals surface area contributed by atoms with Gasteiger partial charge in [0.05, 0.1) is 25.3 Å². The zero-order valence-corrected chi connectivity index (χ0v) is 27.2. The van der Waals surface area contributed by atoms with Gasteiger partial charge >= 0.3 is 0 Å². The van der Waals surface area contributed by atoms with Gasteiger partial charge in [0, 0.05) is 32.7 Å². The number of benzene rings is 1. The van der Waals surface area contributed by atoms with E-state index in [1.54, 1.807) is 12.4 Å². The van der Waals surface area contributed by atoms with Crippen LogP contribution in [0.15, 0.2) is 83.7 Å². The number of anilines is 1. The molecule has 0 bridgehead atoms. The number of rotatable bonds is 16. The maximum absolute atomic E-state index is 4.35. The van der Waals surface area contributed by atoms with E-state index >= 15 is 0 Å². The molecule has 6 nitrogen and oxygen atoms in total. The Morgan fingerprint density at radius 1 is 0.878 bits per heavy atom. The number of nitrogens with zero attached hydrogens (tertiary/aromatic N) is 6. The first-order valence-electron chi connectivity index (χ1n) is 15.1. The zero-order chi connectivity index (χ0) is 31.0. The summed E-state index contributed by atoms with van der Waals surface area (Å²) in [7, 11) is 3.97. The van der Waals surface area contributed by atoms with Crippen molar-refractivity contribution in [1.29, 1.82) is 0 Å². The summed E-state index contributed by atoms with van der Waals surface area (Å²) < 4.78 is 4.65. The van der Waals surface area contributed by atoms with Crippen molar-refractivity contribution in [3.05, 3.63) is 73.6 Å². The number of aromatic nitrogens is 2. The molecule has 0 atom stereocenters. The summed E-state index contributed by atoms with van der Waals surface area (Å²) in [4.78, 5) is 5.86. The van der Waals surface area contributed by atoms with Crippen molar-refractivity contribution in [2.75, 3.05) is 25.6 Å². The van der Waals surface area contributed by atoms with Gasteiger partial charge in [0.1, 0.15) is 12.4 Å². The van der Waals surface area contributed by atoms with Crippen LogP contribution in [-0.4, -0.2) is 42.5 Å². The summed E-state index contributed by atoms with van der Waals surface area (Å²) in [5.74, 6) is 0. The predicted octanol–water partition coefficient (Wildman–Crippen LogP) is 8.37. The van der Waals surface area contributed by atoms with Crippen LogP contribution in [-0.2, 0) is 13.1 Å². The van der Waals surface area contributed by atoms with Gasteiger partial charge in [0.2, 0.25) is 6.33 Å². The average molecular weight is 564 g/mol. The number of hydrogen-bond acceptors (Lipinski definition) is 4. The number of allylic oxidation sites excluding steroid dienone is 2. The molecule has 2 rings (SSSR count). The van der Waals surface area contributed by atoms with Crippen LogP contribution in [0.2, 0.25) is 0 Å². The summed E-state index contributed by atoms with van der Waals surface area (Å²) in [5, 5.41) is 6.21. The minimum atomic E-state index is 0.807. The molecular weight excluding hydrogens is 504 g/mol. The molecule has 1 heterocycles. The number of hydrogen-bond donors (Lipinski definition) is 0. The summed E-state index contributed by atoms with van der Waals surface area (Å²) in [5.41, 5.74) is 1.09. The predicted molar refractivity (Wildman–Crippen MR) is 183 cm³/mol. The van der Waals surface area contributed by atoms with Gasteiger partial charge in [-0.15, -0.1) is 12.8 Å². The Kier molecular flexibility index (Phi) is 29.9. The second kappa shape index (κ2) is 30.9. The monoisotopic (exact) mass is 563 g/mol. The Balaban J connectivity index is 0. The van der Waals surface area contributed by atoms with Crippen molar-refractivity contribution in [3.8, 4) is 12.8 Å². The van der Waals surface area contributed by atoms with Crippen molar-refractivity contribution in [2.45, 2.75) is 99.1 Å². The van der Waals surface area contributed by atoms with E-state index in [9.17, 15) is 0 Å². The molecule has 228 valence electrons. The number of unbranched alkanes of at least 4 members (excludes halogenated alkanes) is 6. The molecule has 0 aliphatic rings. The Labute approximate surface area is 253 Å². The largest absolute Gasteiger partial charge is 0.375 e. The number of para-hydroxylation sites is 1. The number of aryl methyl sites for hydroxylation is 2. The molecular formula is C35H59N6+. The van der Waals surface area contributed by atoms with E-state index in [1.807, 2.05) is 94.8 Å². The molecule has 0 amide bonds. The lowest BCUT2D eigenvalue weighted by Gasteiger charge is -2.14. The highest BCUT2D eigenvalue weighted by Gasteiger charge is 2.02. The molecule has 2 aromatic rings. The molecule has 0 radical (unpaired) electrons. The smallest absolute Gasteiger partial charge is 0.243 e. The maximum atomic E-state index is 4.35. The van der Waals surface area contributed by atoms with Crippen LogP contribution < -0.4 is 9.58 Å². The summed E-state index contributed by atoms with van der Waals surface area (Å²) >= 11 is 0. The SMILES string of the molecule is C#C.C/C=C\N(C)C/C=N/N(C)c1ccccc1.CC=N/C=C\C.CCCCCCCn1cc[n+](CCCCC)c1. The van der Waals surface area contributed by atoms with Crippen LogP contribution in [0.25, 0.3) is 0 Å². The Hall–Kier alpha value is -3.59. The highest BCUT2D eigenvalue weighted by Crippen LogP contribution is 2.10. The maximum Gasteiger partial charge on any atom is 0.243 e. The van der Waals surface area contributed by atoms with Crippen LogP contribution in [0.1, 0.15) is 86.0 Å². The average Bonchev–Trinajstić information content (AvgIpc) is 3.46. The minimum Gasteiger partial charge on any atom is -0.375 e.